The van der Waals surface area contributed by atoms with E-state index in [1.165, 1.54) is 11.1 Å². The quantitative estimate of drug-likeness (QED) is 0.0609. The van der Waals surface area contributed by atoms with Gasteiger partial charge in [-0.25, -0.2) is 9.97 Å². The van der Waals surface area contributed by atoms with Crippen molar-refractivity contribution in [1.82, 2.24) is 24.9 Å². The topological polar surface area (TPSA) is 286 Å². The number of hydrogen-bond acceptors (Lipinski definition) is 16. The van der Waals surface area contributed by atoms with Crippen molar-refractivity contribution in [3.05, 3.63) is 70.6 Å². The molecule has 0 radical (unpaired) electrons. The van der Waals surface area contributed by atoms with Crippen LogP contribution in [0.4, 0.5) is 0 Å². The summed E-state index contributed by atoms with van der Waals surface area (Å²) in [5.74, 6) is -0.746. The molecule has 6 bridgehead atoms. The summed E-state index contributed by atoms with van der Waals surface area (Å²) in [4.78, 5) is 43.5. The molecule has 0 atom stereocenters. The van der Waals surface area contributed by atoms with E-state index in [-0.39, 0.29) is 71.8 Å². The van der Waals surface area contributed by atoms with Gasteiger partial charge in [-0.1, -0.05) is 37.1 Å². The van der Waals surface area contributed by atoms with Crippen LogP contribution in [0.3, 0.4) is 0 Å². The Hall–Kier alpha value is -4.36. The number of fused-ring (bicyclic) bond motifs is 7. The first-order valence-corrected chi connectivity index (χ1v) is 23.9. The first-order chi connectivity index (χ1) is 34.3. The molecule has 408 valence electrons. The SMILES string of the molecule is CC(=O)O.CC(=O)O.CCc1c(CC)c2cc3nc(cnc4cc(OCCOCCOCCOC)c(OCCOCCOCCOC)cc4ncc4nc(cc1[n-]2)C(CCCO)=C4C)C(C)=C3CCCO.O.[Gd]. The van der Waals surface area contributed by atoms with Gasteiger partial charge in [0.25, 0.3) is 11.9 Å². The third-order valence-electron chi connectivity index (χ3n) is 10.7. The van der Waals surface area contributed by atoms with Crippen molar-refractivity contribution >= 4 is 56.3 Å². The van der Waals surface area contributed by atoms with Crippen LogP contribution in [-0.4, -0.2) is 164 Å². The fraction of sp³-hybridized carbons (Fsp3) is 0.538. The third kappa shape index (κ3) is 23.4. The molecule has 6 N–H and O–H groups in total. The molecule has 2 aliphatic rings. The minimum Gasteiger partial charge on any atom is -0.657 e. The summed E-state index contributed by atoms with van der Waals surface area (Å²) in [6.45, 7) is 15.6. The van der Waals surface area contributed by atoms with Crippen molar-refractivity contribution in [2.75, 3.05) is 107 Å². The number of hydrogen-bond donors (Lipinski definition) is 4. The van der Waals surface area contributed by atoms with Gasteiger partial charge in [-0.05, 0) is 74.7 Å². The Morgan fingerprint density at radius 3 is 1.19 bits per heavy atom. The summed E-state index contributed by atoms with van der Waals surface area (Å²) >= 11 is 0. The Balaban J connectivity index is 0.00000248. The maximum atomic E-state index is 9.85. The van der Waals surface area contributed by atoms with Crippen molar-refractivity contribution in [2.45, 2.75) is 80.1 Å². The van der Waals surface area contributed by atoms with Crippen LogP contribution >= 0.6 is 0 Å². The van der Waals surface area contributed by atoms with E-state index in [4.69, 9.17) is 82.6 Å². The van der Waals surface area contributed by atoms with E-state index in [0.717, 1.165) is 71.4 Å². The zero-order chi connectivity index (χ0) is 52.0. The molecule has 0 amide bonds. The predicted molar refractivity (Wildman–Crippen MR) is 275 cm³/mol. The van der Waals surface area contributed by atoms with Crippen molar-refractivity contribution in [3.8, 4) is 11.5 Å². The molecule has 0 saturated heterocycles. The van der Waals surface area contributed by atoms with Gasteiger partial charge in [0, 0.05) is 93.4 Å². The van der Waals surface area contributed by atoms with E-state index in [1.54, 1.807) is 26.6 Å². The second-order valence-electron chi connectivity index (χ2n) is 15.9. The van der Waals surface area contributed by atoms with Gasteiger partial charge in [0.2, 0.25) is 0 Å². The predicted octanol–water partition coefficient (Wildman–Crippen LogP) is 5.97. The van der Waals surface area contributed by atoms with Gasteiger partial charge in [0.15, 0.2) is 11.5 Å². The number of methoxy groups -OCH3 is 2. The normalized spacial score (nSPS) is 11.6. The van der Waals surface area contributed by atoms with Crippen molar-refractivity contribution in [3.63, 3.8) is 0 Å². The monoisotopic (exact) mass is 1170 g/mol. The number of aliphatic carboxylic acids is 2. The van der Waals surface area contributed by atoms with Crippen LogP contribution in [0.1, 0.15) is 101 Å². The first-order valence-electron chi connectivity index (χ1n) is 23.9. The van der Waals surface area contributed by atoms with Crippen LogP contribution in [0.25, 0.3) is 44.4 Å². The number of nitrogens with zero attached hydrogens (tertiary/aromatic N) is 5. The number of ether oxygens (including phenoxy) is 8. The van der Waals surface area contributed by atoms with Gasteiger partial charge in [-0.3, -0.25) is 19.6 Å². The molecule has 0 aliphatic carbocycles. The molecule has 4 heterocycles. The van der Waals surface area contributed by atoms with Gasteiger partial charge < -0.3 is 68.8 Å². The van der Waals surface area contributed by atoms with Gasteiger partial charge in [-0.2, -0.15) is 0 Å². The number of aryl methyl sites for hydroxylation is 2. The van der Waals surface area contributed by atoms with E-state index >= 15 is 0 Å². The molecule has 0 unspecified atom stereocenters. The maximum Gasteiger partial charge on any atom is 0.300 e. The Labute approximate surface area is 460 Å². The fourth-order valence-electron chi connectivity index (χ4n) is 7.33. The molecule has 5 rings (SSSR count). The number of benzene rings is 1. The summed E-state index contributed by atoms with van der Waals surface area (Å²) < 4.78 is 45.3. The average Bonchev–Trinajstić information content (AvgIpc) is 3.94. The Kier molecular flexibility index (Phi) is 34.9. The zero-order valence-corrected chi connectivity index (χ0v) is 45.8. The van der Waals surface area contributed by atoms with Crippen LogP contribution in [0, 0.1) is 39.9 Å². The molecule has 20 nitrogen and oxygen atoms in total. The molecule has 21 heteroatoms. The minimum absolute atomic E-state index is 0. The summed E-state index contributed by atoms with van der Waals surface area (Å²) in [7, 11) is 3.27. The molecule has 2 aromatic heterocycles. The number of aliphatic hydroxyl groups excluding tert-OH is 2. The van der Waals surface area contributed by atoms with Gasteiger partial charge in [-0.15, -0.1) is 11.0 Å². The van der Waals surface area contributed by atoms with Gasteiger partial charge >= 0.3 is 0 Å². The van der Waals surface area contributed by atoms with Crippen LogP contribution < -0.4 is 14.5 Å². The van der Waals surface area contributed by atoms with Crippen LogP contribution in [0.2, 0.25) is 0 Å². The van der Waals surface area contributed by atoms with Crippen molar-refractivity contribution < 1.29 is 113 Å². The number of rotatable bonds is 28. The molecule has 0 saturated carbocycles. The maximum absolute atomic E-state index is 9.85. The Morgan fingerprint density at radius 2 is 0.877 bits per heavy atom. The second-order valence-corrected chi connectivity index (χ2v) is 15.9. The number of carboxylic acid groups (broad SMARTS) is 2. The zero-order valence-electron chi connectivity index (χ0n) is 43.6. The number of carbonyl (C=O) groups is 2. The third-order valence-corrected chi connectivity index (χ3v) is 10.7. The smallest absolute Gasteiger partial charge is 0.300 e. The minimum atomic E-state index is -0.833. The number of aliphatic hydroxyl groups is 2. The molecule has 2 aliphatic heterocycles. The molecule has 1 aromatic carbocycles. The van der Waals surface area contributed by atoms with E-state index in [1.807, 2.05) is 26.0 Å². The average molecular weight is 1170 g/mol. The molecular formula is C52H76GdN5O15-. The molecular weight excluding hydrogens is 1090 g/mol. The van der Waals surface area contributed by atoms with E-state index in [0.29, 0.717) is 126 Å². The van der Waals surface area contributed by atoms with Crippen LogP contribution in [-0.2, 0) is 50.9 Å². The first kappa shape index (κ1) is 66.7. The Morgan fingerprint density at radius 1 is 0.548 bits per heavy atom. The van der Waals surface area contributed by atoms with Gasteiger partial charge in [0.05, 0.1) is 112 Å². The molecule has 0 spiro atoms. The number of allylic oxidation sites excluding steroid dienone is 4. The molecule has 73 heavy (non-hydrogen) atoms. The molecule has 0 fully saturated rings. The van der Waals surface area contributed by atoms with E-state index < -0.39 is 11.9 Å². The standard InChI is InChI=1S/C48H66N5O10.2C2H4O2.Gd.H2O/c1-7-35-36(8-2)40-28-42-38(12-10-14-55)34(4)46(53-42)32-50-44-30-48(63-26-24-61-22-20-59-18-16-57-6)47(62-25-23-60-21-19-58-17-15-56-5)29-43(44)49-31-45-33(3)37(11-9-13-54)41(52-45)27-39(35)51-40;2*1-2(3)4;;/h27-32,54-55H,7-26H2,1-6H3;2*1H3,(H,3,4);;1H2/q-1;;;;. The summed E-state index contributed by atoms with van der Waals surface area (Å²) in [5.41, 5.74) is 12.2. The van der Waals surface area contributed by atoms with Gasteiger partial charge in [0.1, 0.15) is 13.2 Å². The summed E-state index contributed by atoms with van der Waals surface area (Å²) in [6, 6.07) is 7.78. The summed E-state index contributed by atoms with van der Waals surface area (Å²) in [5, 5.41) is 34.5. The van der Waals surface area contributed by atoms with E-state index in [9.17, 15) is 10.2 Å². The van der Waals surface area contributed by atoms with Crippen molar-refractivity contribution in [1.29, 1.82) is 0 Å². The largest absolute Gasteiger partial charge is 0.657 e. The van der Waals surface area contributed by atoms with Crippen LogP contribution in [0.15, 0.2) is 36.7 Å². The number of carboxylic acids is 2. The fourth-order valence-corrected chi connectivity index (χ4v) is 7.33. The second kappa shape index (κ2) is 38.2. The van der Waals surface area contributed by atoms with Crippen LogP contribution in [0.5, 0.6) is 11.5 Å². The molecule has 3 aromatic rings. The van der Waals surface area contributed by atoms with E-state index in [2.05, 4.69) is 26.0 Å². The Bertz CT molecular complexity index is 2240. The summed E-state index contributed by atoms with van der Waals surface area (Å²) in [6.07, 6.45) is 7.61. The number of aromatic nitrogens is 5. The van der Waals surface area contributed by atoms with Crippen molar-refractivity contribution in [2.24, 2.45) is 0 Å².